The second-order valence-electron chi connectivity index (χ2n) is 3.05. The number of aliphatic carboxylic acids is 1. The Morgan fingerprint density at radius 2 is 2.06 bits per heavy atom. The van der Waals surface area contributed by atoms with Crippen molar-refractivity contribution in [3.8, 4) is 0 Å². The van der Waals surface area contributed by atoms with Gasteiger partial charge in [-0.1, -0.05) is 11.6 Å². The number of carboxylic acids is 1. The van der Waals surface area contributed by atoms with Gasteiger partial charge in [-0.3, -0.25) is 10.1 Å². The number of hydrogen-bond acceptors (Lipinski definition) is 4. The molecule has 0 saturated heterocycles. The molecule has 0 aromatic carbocycles. The second kappa shape index (κ2) is 6.77. The lowest BCUT2D eigenvalue weighted by Gasteiger charge is -2.02. The molecule has 3 N–H and O–H groups in total. The van der Waals surface area contributed by atoms with Crippen LogP contribution >= 0.6 is 22.9 Å². The summed E-state index contributed by atoms with van der Waals surface area (Å²) in [5, 5.41) is 12.6. The Kier molecular flexibility index (Phi) is 5.34. The molecule has 18 heavy (non-hydrogen) atoms. The molecule has 0 unspecified atom stereocenters. The molecule has 0 aliphatic carbocycles. The predicted molar refractivity (Wildman–Crippen MR) is 66.5 cm³/mol. The molecule has 0 radical (unpaired) electrons. The number of hydrogen-bond donors (Lipinski definition) is 3. The number of nitrogens with one attached hydrogen (secondary N) is 2. The van der Waals surface area contributed by atoms with Crippen LogP contribution in [0.15, 0.2) is 24.3 Å². The largest absolute Gasteiger partial charge is 0.478 e. The molecular formula is C10H9ClN2O4S. The zero-order valence-corrected chi connectivity index (χ0v) is 10.5. The number of halogens is 1. The number of rotatable bonds is 4. The summed E-state index contributed by atoms with van der Waals surface area (Å²) in [4.78, 5) is 33.2. The highest BCUT2D eigenvalue weighted by molar-refractivity contribution is 7.16. The van der Waals surface area contributed by atoms with E-state index in [1.807, 2.05) is 5.32 Å². The predicted octanol–water partition coefficient (Wildman–Crippen LogP) is 1.37. The number of carbonyl (C=O) groups excluding carboxylic acids is 2. The SMILES string of the molecule is O=C(O)C=CC(=O)NC(=O)NCc1ccc(Cl)s1. The van der Waals surface area contributed by atoms with Crippen LogP contribution in [0.1, 0.15) is 4.88 Å². The first-order valence-corrected chi connectivity index (χ1v) is 5.91. The minimum atomic E-state index is -1.27. The number of urea groups is 1. The van der Waals surface area contributed by atoms with Crippen LogP contribution in [0.5, 0.6) is 0 Å². The Hall–Kier alpha value is -1.86. The van der Waals surface area contributed by atoms with Crippen LogP contribution in [0.25, 0.3) is 0 Å². The molecule has 0 spiro atoms. The first kappa shape index (κ1) is 14.2. The maximum absolute atomic E-state index is 11.2. The van der Waals surface area contributed by atoms with Crippen LogP contribution in [0, 0.1) is 0 Å². The van der Waals surface area contributed by atoms with E-state index in [-0.39, 0.29) is 6.54 Å². The van der Waals surface area contributed by atoms with Crippen molar-refractivity contribution in [2.45, 2.75) is 6.54 Å². The lowest BCUT2D eigenvalue weighted by molar-refractivity contribution is -0.131. The smallest absolute Gasteiger partial charge is 0.328 e. The molecule has 1 aromatic heterocycles. The number of thiophene rings is 1. The summed E-state index contributed by atoms with van der Waals surface area (Å²) in [6.07, 6.45) is 1.39. The Bertz CT molecular complexity index is 498. The van der Waals surface area contributed by atoms with Gasteiger partial charge in [-0.15, -0.1) is 11.3 Å². The molecule has 1 rings (SSSR count). The van der Waals surface area contributed by atoms with Gasteiger partial charge in [-0.05, 0) is 12.1 Å². The lowest BCUT2D eigenvalue weighted by Crippen LogP contribution is -2.38. The van der Waals surface area contributed by atoms with Crippen LogP contribution in [0.3, 0.4) is 0 Å². The molecule has 8 heteroatoms. The minimum Gasteiger partial charge on any atom is -0.478 e. The van der Waals surface area contributed by atoms with E-state index in [0.717, 1.165) is 11.0 Å². The van der Waals surface area contributed by atoms with Crippen LogP contribution in [0.4, 0.5) is 4.79 Å². The fraction of sp³-hybridized carbons (Fsp3) is 0.100. The van der Waals surface area contributed by atoms with Gasteiger partial charge in [-0.25, -0.2) is 9.59 Å². The maximum Gasteiger partial charge on any atom is 0.328 e. The van der Waals surface area contributed by atoms with Crippen LogP contribution in [-0.4, -0.2) is 23.0 Å². The third kappa shape index (κ3) is 5.46. The van der Waals surface area contributed by atoms with Crippen LogP contribution in [-0.2, 0) is 16.1 Å². The van der Waals surface area contributed by atoms with E-state index in [1.165, 1.54) is 11.3 Å². The van der Waals surface area contributed by atoms with E-state index in [9.17, 15) is 14.4 Å². The Labute approximate surface area is 111 Å². The Balaban J connectivity index is 2.33. The van der Waals surface area contributed by atoms with Gasteiger partial charge in [0.1, 0.15) is 0 Å². The lowest BCUT2D eigenvalue weighted by atomic mass is 10.4. The van der Waals surface area contributed by atoms with E-state index < -0.39 is 17.9 Å². The zero-order chi connectivity index (χ0) is 13.5. The highest BCUT2D eigenvalue weighted by Crippen LogP contribution is 2.20. The molecule has 3 amide bonds. The van der Waals surface area contributed by atoms with Gasteiger partial charge in [0, 0.05) is 17.0 Å². The molecular weight excluding hydrogens is 280 g/mol. The summed E-state index contributed by atoms with van der Waals surface area (Å²) < 4.78 is 0.604. The van der Waals surface area contributed by atoms with Gasteiger partial charge in [0.15, 0.2) is 0 Å². The molecule has 6 nitrogen and oxygen atoms in total. The van der Waals surface area contributed by atoms with E-state index in [0.29, 0.717) is 10.4 Å². The van der Waals surface area contributed by atoms with Gasteiger partial charge >= 0.3 is 12.0 Å². The normalized spacial score (nSPS) is 10.3. The average molecular weight is 289 g/mol. The first-order chi connectivity index (χ1) is 8.47. The number of carbonyl (C=O) groups is 3. The molecule has 0 aliphatic rings. The fourth-order valence-corrected chi connectivity index (χ4v) is 1.99. The highest BCUT2D eigenvalue weighted by Gasteiger charge is 2.05. The summed E-state index contributed by atoms with van der Waals surface area (Å²) in [5.74, 6) is -2.07. The van der Waals surface area contributed by atoms with Gasteiger partial charge in [0.25, 0.3) is 5.91 Å². The van der Waals surface area contributed by atoms with Crippen molar-refractivity contribution in [3.63, 3.8) is 0 Å². The van der Waals surface area contributed by atoms with Gasteiger partial charge in [0.2, 0.25) is 0 Å². The van der Waals surface area contributed by atoms with Gasteiger partial charge in [-0.2, -0.15) is 0 Å². The third-order valence-electron chi connectivity index (χ3n) is 1.67. The van der Waals surface area contributed by atoms with Crippen molar-refractivity contribution in [3.05, 3.63) is 33.5 Å². The molecule has 0 fully saturated rings. The maximum atomic E-state index is 11.2. The topological polar surface area (TPSA) is 95.5 Å². The van der Waals surface area contributed by atoms with Crippen LogP contribution < -0.4 is 10.6 Å². The van der Waals surface area contributed by atoms with Crippen LogP contribution in [0.2, 0.25) is 4.34 Å². The standard InChI is InChI=1S/C10H9ClN2O4S/c11-7-2-1-6(18-7)5-12-10(17)13-8(14)3-4-9(15)16/h1-4H,5H2,(H,15,16)(H2,12,13,14,17). The van der Waals surface area contributed by atoms with E-state index in [4.69, 9.17) is 16.7 Å². The average Bonchev–Trinajstić information content (AvgIpc) is 2.70. The van der Waals surface area contributed by atoms with E-state index in [2.05, 4.69) is 5.32 Å². The molecule has 0 saturated carbocycles. The van der Waals surface area contributed by atoms with Crippen molar-refractivity contribution in [2.24, 2.45) is 0 Å². The van der Waals surface area contributed by atoms with Gasteiger partial charge in [0.05, 0.1) is 10.9 Å². The van der Waals surface area contributed by atoms with Gasteiger partial charge < -0.3 is 10.4 Å². The number of imide groups is 1. The molecule has 0 aliphatic heterocycles. The summed E-state index contributed by atoms with van der Waals surface area (Å²) in [6.45, 7) is 0.235. The highest BCUT2D eigenvalue weighted by atomic mass is 35.5. The molecule has 0 bridgehead atoms. The summed E-state index contributed by atoms with van der Waals surface area (Å²) >= 11 is 7.01. The van der Waals surface area contributed by atoms with Crippen molar-refractivity contribution in [1.82, 2.24) is 10.6 Å². The van der Waals surface area contributed by atoms with Crippen molar-refractivity contribution < 1.29 is 19.5 Å². The summed E-state index contributed by atoms with van der Waals surface area (Å²) in [7, 11) is 0. The molecule has 1 heterocycles. The molecule has 1 aromatic rings. The first-order valence-electron chi connectivity index (χ1n) is 4.71. The number of carboxylic acid groups (broad SMARTS) is 1. The van der Waals surface area contributed by atoms with Crippen molar-refractivity contribution >= 4 is 40.8 Å². The zero-order valence-electron chi connectivity index (χ0n) is 8.97. The number of amides is 3. The molecule has 0 atom stereocenters. The minimum absolute atomic E-state index is 0.235. The second-order valence-corrected chi connectivity index (χ2v) is 4.85. The van der Waals surface area contributed by atoms with E-state index in [1.54, 1.807) is 12.1 Å². The monoisotopic (exact) mass is 288 g/mol. The van der Waals surface area contributed by atoms with Crippen molar-refractivity contribution in [1.29, 1.82) is 0 Å². The Morgan fingerprint density at radius 1 is 1.33 bits per heavy atom. The fourth-order valence-electron chi connectivity index (χ4n) is 0.959. The van der Waals surface area contributed by atoms with Crippen molar-refractivity contribution in [2.75, 3.05) is 0 Å². The molecule has 96 valence electrons. The van der Waals surface area contributed by atoms with E-state index >= 15 is 0 Å². The summed E-state index contributed by atoms with van der Waals surface area (Å²) in [6, 6.07) is 2.74. The Morgan fingerprint density at radius 3 is 2.61 bits per heavy atom. The summed E-state index contributed by atoms with van der Waals surface area (Å²) in [5.41, 5.74) is 0. The third-order valence-corrected chi connectivity index (χ3v) is 2.90. The quantitative estimate of drug-likeness (QED) is 0.729.